The van der Waals surface area contributed by atoms with Gasteiger partial charge in [0.05, 0.1) is 18.9 Å². The molecule has 1 aromatic carbocycles. The maximum Gasteiger partial charge on any atom is 0.273 e. The first-order chi connectivity index (χ1) is 10.2. The minimum absolute atomic E-state index is 0.128. The largest absolute Gasteiger partial charge is 0.395 e. The number of hydrogen-bond donors (Lipinski definition) is 2. The highest BCUT2D eigenvalue weighted by molar-refractivity contribution is 5.93. The van der Waals surface area contributed by atoms with Crippen LogP contribution in [0.3, 0.4) is 0 Å². The Morgan fingerprint density at radius 3 is 2.71 bits per heavy atom. The van der Waals surface area contributed by atoms with Crippen LogP contribution in [0.5, 0.6) is 0 Å². The number of aliphatic hydroxyl groups excluding tert-OH is 1. The lowest BCUT2D eigenvalue weighted by Crippen LogP contribution is -2.27. The van der Waals surface area contributed by atoms with Crippen molar-refractivity contribution in [2.24, 2.45) is 0 Å². The molecule has 112 valence electrons. The van der Waals surface area contributed by atoms with Gasteiger partial charge in [0.25, 0.3) is 5.91 Å². The molecule has 0 aliphatic rings. The van der Waals surface area contributed by atoms with E-state index in [-0.39, 0.29) is 31.4 Å². The molecule has 0 saturated heterocycles. The van der Waals surface area contributed by atoms with Crippen LogP contribution in [0.4, 0.5) is 0 Å². The molecule has 7 heteroatoms. The monoisotopic (exact) mass is 290 g/mol. The molecule has 2 rings (SSSR count). The minimum Gasteiger partial charge on any atom is -0.395 e. The van der Waals surface area contributed by atoms with Gasteiger partial charge < -0.3 is 15.2 Å². The van der Waals surface area contributed by atoms with Gasteiger partial charge in [0.15, 0.2) is 5.69 Å². The molecule has 1 aromatic heterocycles. The number of benzene rings is 1. The third-order valence-electron chi connectivity index (χ3n) is 2.94. The van der Waals surface area contributed by atoms with Crippen LogP contribution >= 0.6 is 0 Å². The Hall–Kier alpha value is -2.25. The summed E-state index contributed by atoms with van der Waals surface area (Å²) in [6.07, 6.45) is 0. The van der Waals surface area contributed by atoms with Crippen molar-refractivity contribution in [3.05, 3.63) is 41.2 Å². The second-order valence-electron chi connectivity index (χ2n) is 4.54. The van der Waals surface area contributed by atoms with E-state index in [1.165, 1.54) is 0 Å². The molecule has 1 amide bonds. The molecule has 1 heterocycles. The third kappa shape index (κ3) is 3.45. The fourth-order valence-corrected chi connectivity index (χ4v) is 1.89. The summed E-state index contributed by atoms with van der Waals surface area (Å²) in [6, 6.07) is 7.72. The lowest BCUT2D eigenvalue weighted by Gasteiger charge is -2.07. The molecule has 21 heavy (non-hydrogen) atoms. The van der Waals surface area contributed by atoms with E-state index in [2.05, 4.69) is 15.6 Å². The van der Waals surface area contributed by atoms with E-state index < -0.39 is 0 Å². The molecule has 0 aliphatic heterocycles. The topological polar surface area (TPSA) is 89.3 Å². The highest BCUT2D eigenvalue weighted by atomic mass is 16.5. The Morgan fingerprint density at radius 1 is 1.38 bits per heavy atom. The molecule has 0 saturated carbocycles. The molecule has 0 unspecified atom stereocenters. The fourth-order valence-electron chi connectivity index (χ4n) is 1.89. The van der Waals surface area contributed by atoms with Crippen LogP contribution in [-0.4, -0.2) is 46.3 Å². The van der Waals surface area contributed by atoms with Gasteiger partial charge in [0.2, 0.25) is 0 Å². The predicted octanol–water partition coefficient (Wildman–Crippen LogP) is 0.444. The third-order valence-corrected chi connectivity index (χ3v) is 2.94. The minimum atomic E-state index is -0.380. The lowest BCUT2D eigenvalue weighted by atomic mass is 10.2. The predicted molar refractivity (Wildman–Crippen MR) is 76.2 cm³/mol. The van der Waals surface area contributed by atoms with Gasteiger partial charge in [-0.15, -0.1) is 5.10 Å². The summed E-state index contributed by atoms with van der Waals surface area (Å²) in [6.45, 7) is 2.25. The summed E-state index contributed by atoms with van der Waals surface area (Å²) in [5.41, 5.74) is 2.71. The van der Waals surface area contributed by atoms with E-state index in [1.807, 2.05) is 31.2 Å². The number of nitrogens with one attached hydrogen (secondary N) is 1. The summed E-state index contributed by atoms with van der Waals surface area (Å²) in [5.74, 6) is -0.380. The van der Waals surface area contributed by atoms with Gasteiger partial charge >= 0.3 is 0 Å². The fraction of sp³-hybridized carbons (Fsp3) is 0.357. The number of amides is 1. The molecule has 0 radical (unpaired) electrons. The van der Waals surface area contributed by atoms with Crippen molar-refractivity contribution in [2.75, 3.05) is 20.3 Å². The van der Waals surface area contributed by atoms with Gasteiger partial charge in [-0.3, -0.25) is 4.79 Å². The van der Waals surface area contributed by atoms with Gasteiger partial charge in [-0.25, -0.2) is 4.68 Å². The van der Waals surface area contributed by atoms with Crippen LogP contribution in [0.25, 0.3) is 5.69 Å². The first-order valence-electron chi connectivity index (χ1n) is 6.57. The number of aryl methyl sites for hydroxylation is 1. The molecular formula is C14H18N4O3. The Bertz CT molecular complexity index is 607. The molecule has 0 bridgehead atoms. The summed E-state index contributed by atoms with van der Waals surface area (Å²) < 4.78 is 6.72. The zero-order valence-electron chi connectivity index (χ0n) is 12.0. The van der Waals surface area contributed by atoms with E-state index in [0.717, 1.165) is 11.3 Å². The molecule has 2 aromatic rings. The van der Waals surface area contributed by atoms with Crippen molar-refractivity contribution < 1.29 is 14.6 Å². The lowest BCUT2D eigenvalue weighted by molar-refractivity contribution is 0.0934. The molecular weight excluding hydrogens is 272 g/mol. The van der Waals surface area contributed by atoms with E-state index >= 15 is 0 Å². The molecule has 0 atom stereocenters. The Kier molecular flexibility index (Phi) is 5.02. The maximum absolute atomic E-state index is 12.0. The van der Waals surface area contributed by atoms with Crippen LogP contribution < -0.4 is 5.32 Å². The number of carbonyl (C=O) groups is 1. The number of aromatic nitrogens is 3. The zero-order valence-corrected chi connectivity index (χ0v) is 12.0. The number of nitrogens with zero attached hydrogens (tertiary/aromatic N) is 3. The zero-order chi connectivity index (χ0) is 15.2. The second-order valence-corrected chi connectivity index (χ2v) is 4.54. The van der Waals surface area contributed by atoms with Crippen molar-refractivity contribution >= 4 is 5.91 Å². The van der Waals surface area contributed by atoms with Crippen molar-refractivity contribution in [3.8, 4) is 5.69 Å². The molecule has 0 aliphatic carbocycles. The Morgan fingerprint density at radius 2 is 2.10 bits per heavy atom. The van der Waals surface area contributed by atoms with Crippen molar-refractivity contribution in [1.82, 2.24) is 20.3 Å². The van der Waals surface area contributed by atoms with Crippen LogP contribution in [0.2, 0.25) is 0 Å². The standard InChI is InChI=1S/C14H18N4O3/c1-10-3-5-11(6-4-10)18-12(9-21-2)13(16-17-18)14(20)15-7-8-19/h3-6,19H,7-9H2,1-2H3,(H,15,20). The van der Waals surface area contributed by atoms with Crippen LogP contribution in [0.1, 0.15) is 21.7 Å². The Labute approximate surface area is 122 Å². The molecule has 0 fully saturated rings. The average molecular weight is 290 g/mol. The smallest absolute Gasteiger partial charge is 0.273 e. The van der Waals surface area contributed by atoms with Gasteiger partial charge in [0, 0.05) is 13.7 Å². The van der Waals surface area contributed by atoms with Gasteiger partial charge in [-0.05, 0) is 19.1 Å². The first-order valence-corrected chi connectivity index (χ1v) is 6.57. The van der Waals surface area contributed by atoms with E-state index in [0.29, 0.717) is 5.69 Å². The molecule has 2 N–H and O–H groups in total. The summed E-state index contributed by atoms with van der Waals surface area (Å²) in [5, 5.41) is 19.3. The van der Waals surface area contributed by atoms with Crippen LogP contribution in [-0.2, 0) is 11.3 Å². The second kappa shape index (κ2) is 6.96. The van der Waals surface area contributed by atoms with Crippen LogP contribution in [0, 0.1) is 6.92 Å². The van der Waals surface area contributed by atoms with Gasteiger partial charge in [-0.1, -0.05) is 22.9 Å². The normalized spacial score (nSPS) is 10.6. The molecule has 7 nitrogen and oxygen atoms in total. The summed E-state index contributed by atoms with van der Waals surface area (Å²) in [7, 11) is 1.54. The highest BCUT2D eigenvalue weighted by Crippen LogP contribution is 2.15. The summed E-state index contributed by atoms with van der Waals surface area (Å²) in [4.78, 5) is 12.0. The number of carbonyl (C=O) groups excluding carboxylic acids is 1. The highest BCUT2D eigenvalue weighted by Gasteiger charge is 2.20. The van der Waals surface area contributed by atoms with Crippen LogP contribution in [0.15, 0.2) is 24.3 Å². The van der Waals surface area contributed by atoms with Crippen molar-refractivity contribution in [3.63, 3.8) is 0 Å². The van der Waals surface area contributed by atoms with E-state index in [4.69, 9.17) is 9.84 Å². The van der Waals surface area contributed by atoms with Gasteiger partial charge in [0.1, 0.15) is 5.69 Å². The number of methoxy groups -OCH3 is 1. The SMILES string of the molecule is COCc1c(C(=O)NCCO)nnn1-c1ccc(C)cc1. The number of rotatable bonds is 6. The van der Waals surface area contributed by atoms with Crippen molar-refractivity contribution in [2.45, 2.75) is 13.5 Å². The average Bonchev–Trinajstić information content (AvgIpc) is 2.90. The van der Waals surface area contributed by atoms with Gasteiger partial charge in [-0.2, -0.15) is 0 Å². The number of ether oxygens (including phenoxy) is 1. The number of hydrogen-bond acceptors (Lipinski definition) is 5. The first kappa shape index (κ1) is 15.1. The quantitative estimate of drug-likeness (QED) is 0.806. The number of aliphatic hydroxyl groups is 1. The van der Waals surface area contributed by atoms with E-state index in [9.17, 15) is 4.79 Å². The Balaban J connectivity index is 2.36. The summed E-state index contributed by atoms with van der Waals surface area (Å²) >= 11 is 0. The van der Waals surface area contributed by atoms with Crippen molar-refractivity contribution in [1.29, 1.82) is 0 Å². The maximum atomic E-state index is 12.0. The van der Waals surface area contributed by atoms with E-state index in [1.54, 1.807) is 11.8 Å². The molecule has 0 spiro atoms.